The molecule has 2 aromatic heterocycles. The van der Waals surface area contributed by atoms with Crippen molar-refractivity contribution in [3.63, 3.8) is 0 Å². The van der Waals surface area contributed by atoms with Crippen LogP contribution in [-0.2, 0) is 0 Å². The number of nitrogens with zero attached hydrogens (tertiary/aromatic N) is 3. The maximum atomic E-state index is 12.6. The van der Waals surface area contributed by atoms with E-state index in [4.69, 9.17) is 9.84 Å². The molecule has 1 atom stereocenters. The van der Waals surface area contributed by atoms with E-state index < -0.39 is 0 Å². The van der Waals surface area contributed by atoms with E-state index in [0.717, 1.165) is 43.0 Å². The number of hydrogen-bond acceptors (Lipinski definition) is 5. The molecule has 146 valence electrons. The second-order valence-electron chi connectivity index (χ2n) is 7.16. The molecule has 0 spiro atoms. The average Bonchev–Trinajstić information content (AvgIpc) is 3.17. The molecule has 1 saturated heterocycles. The molecule has 1 fully saturated rings. The summed E-state index contributed by atoms with van der Waals surface area (Å²) in [6.07, 6.45) is 3.54. The lowest BCUT2D eigenvalue weighted by Crippen LogP contribution is -2.32. The number of benzene rings is 2. The molecule has 0 bridgehead atoms. The zero-order valence-electron chi connectivity index (χ0n) is 15.8. The molecular weight excluding hydrogens is 366 g/mol. The van der Waals surface area contributed by atoms with Crippen LogP contribution < -0.4 is 15.6 Å². The largest absolute Gasteiger partial charge is 0.457 e. The molecule has 3 heterocycles. The third-order valence-electron chi connectivity index (χ3n) is 5.22. The Morgan fingerprint density at radius 3 is 2.59 bits per heavy atom. The van der Waals surface area contributed by atoms with Gasteiger partial charge in [0.1, 0.15) is 22.6 Å². The normalized spacial score (nSPS) is 16.8. The number of nitrogens with one attached hydrogen (secondary N) is 2. The predicted octanol–water partition coefficient (Wildman–Crippen LogP) is 3.50. The highest BCUT2D eigenvalue weighted by Crippen LogP contribution is 2.30. The summed E-state index contributed by atoms with van der Waals surface area (Å²) in [5.74, 6) is 1.51. The molecule has 0 saturated carbocycles. The summed E-state index contributed by atoms with van der Waals surface area (Å²) >= 11 is 0. The summed E-state index contributed by atoms with van der Waals surface area (Å²) in [7, 11) is 0. The van der Waals surface area contributed by atoms with Gasteiger partial charge in [-0.05, 0) is 55.8 Å². The first-order valence-corrected chi connectivity index (χ1v) is 9.79. The van der Waals surface area contributed by atoms with Gasteiger partial charge in [-0.15, -0.1) is 0 Å². The topological polar surface area (TPSA) is 84.8 Å². The monoisotopic (exact) mass is 387 g/mol. The third-order valence-corrected chi connectivity index (χ3v) is 5.22. The highest BCUT2D eigenvalue weighted by molar-refractivity contribution is 5.90. The Hall–Kier alpha value is -3.45. The molecule has 29 heavy (non-hydrogen) atoms. The smallest absolute Gasteiger partial charge is 0.262 e. The number of hydrogen-bond donors (Lipinski definition) is 2. The Morgan fingerprint density at radius 1 is 1.03 bits per heavy atom. The van der Waals surface area contributed by atoms with Crippen LogP contribution in [0.4, 0.5) is 0 Å². The molecule has 2 N–H and O–H groups in total. The van der Waals surface area contributed by atoms with Crippen molar-refractivity contribution in [1.29, 1.82) is 0 Å². The second kappa shape index (κ2) is 7.52. The second-order valence-corrected chi connectivity index (χ2v) is 7.16. The van der Waals surface area contributed by atoms with Crippen molar-refractivity contribution in [1.82, 2.24) is 25.1 Å². The lowest BCUT2D eigenvalue weighted by molar-refractivity contribution is 0.354. The van der Waals surface area contributed by atoms with E-state index in [1.54, 1.807) is 0 Å². The number of piperidine rings is 1. The van der Waals surface area contributed by atoms with Gasteiger partial charge in [-0.1, -0.05) is 18.2 Å². The van der Waals surface area contributed by atoms with E-state index in [0.29, 0.717) is 16.7 Å². The Bertz CT molecular complexity index is 1180. The fraction of sp³-hybridized carbons (Fsp3) is 0.227. The Balaban J connectivity index is 1.53. The zero-order valence-corrected chi connectivity index (χ0v) is 15.8. The average molecular weight is 387 g/mol. The molecule has 0 amide bonds. The molecule has 0 aliphatic carbocycles. The van der Waals surface area contributed by atoms with Gasteiger partial charge < -0.3 is 15.0 Å². The van der Waals surface area contributed by atoms with Crippen LogP contribution in [0.25, 0.3) is 22.3 Å². The van der Waals surface area contributed by atoms with Crippen molar-refractivity contribution in [2.45, 2.75) is 18.9 Å². The summed E-state index contributed by atoms with van der Waals surface area (Å²) in [6.45, 7) is 1.84. The Labute approximate surface area is 167 Å². The number of H-pyrrole nitrogens is 1. The lowest BCUT2D eigenvalue weighted by atomic mass is 10.1. The van der Waals surface area contributed by atoms with Crippen LogP contribution in [-0.4, -0.2) is 32.8 Å². The molecule has 4 aromatic rings. The van der Waals surface area contributed by atoms with Crippen LogP contribution in [0.15, 0.2) is 65.7 Å². The standard InChI is InChI=1S/C22H21N5O2/c28-22-19-20(15-8-10-18(11-9-15)29-17-6-2-1-3-7-17)26-27(21(19)24-14-25-22)16-5-4-12-23-13-16/h1-3,6-11,14,16,23H,4-5,12-13H2,(H,24,25,28)/t16-/m1/s1. The first-order valence-electron chi connectivity index (χ1n) is 9.79. The molecule has 5 rings (SSSR count). The minimum absolute atomic E-state index is 0.176. The van der Waals surface area contributed by atoms with Crippen LogP contribution in [0, 0.1) is 0 Å². The highest BCUT2D eigenvalue weighted by Gasteiger charge is 2.23. The first kappa shape index (κ1) is 17.6. The molecule has 7 heteroatoms. The van der Waals surface area contributed by atoms with Crippen LogP contribution in [0.3, 0.4) is 0 Å². The van der Waals surface area contributed by atoms with E-state index >= 15 is 0 Å². The SMILES string of the molecule is O=c1[nH]cnc2c1c(-c1ccc(Oc3ccccc3)cc1)nn2[C@@H]1CCCNC1. The van der Waals surface area contributed by atoms with Gasteiger partial charge in [0, 0.05) is 12.1 Å². The van der Waals surface area contributed by atoms with Crippen molar-refractivity contribution in [2.24, 2.45) is 0 Å². The first-order chi connectivity index (χ1) is 14.3. The van der Waals surface area contributed by atoms with Gasteiger partial charge in [-0.3, -0.25) is 4.79 Å². The van der Waals surface area contributed by atoms with E-state index in [9.17, 15) is 4.79 Å². The minimum Gasteiger partial charge on any atom is -0.457 e. The quantitative estimate of drug-likeness (QED) is 0.560. The molecular formula is C22H21N5O2. The number of rotatable bonds is 4. The lowest BCUT2D eigenvalue weighted by Gasteiger charge is -2.23. The fourth-order valence-electron chi connectivity index (χ4n) is 3.79. The summed E-state index contributed by atoms with van der Waals surface area (Å²) in [5.41, 5.74) is 1.95. The van der Waals surface area contributed by atoms with Crippen LogP contribution in [0.1, 0.15) is 18.9 Å². The van der Waals surface area contributed by atoms with Crippen molar-refractivity contribution >= 4 is 11.0 Å². The van der Waals surface area contributed by atoms with E-state index in [2.05, 4.69) is 15.3 Å². The fourth-order valence-corrected chi connectivity index (χ4v) is 3.79. The van der Waals surface area contributed by atoms with Gasteiger partial charge >= 0.3 is 0 Å². The van der Waals surface area contributed by atoms with Gasteiger partial charge in [-0.2, -0.15) is 5.10 Å². The summed E-state index contributed by atoms with van der Waals surface area (Å²) in [6, 6.07) is 17.5. The third kappa shape index (κ3) is 3.40. The summed E-state index contributed by atoms with van der Waals surface area (Å²) in [5, 5.41) is 8.74. The zero-order chi connectivity index (χ0) is 19.6. The maximum absolute atomic E-state index is 12.6. The molecule has 2 aromatic carbocycles. The van der Waals surface area contributed by atoms with Gasteiger partial charge in [0.15, 0.2) is 5.65 Å². The maximum Gasteiger partial charge on any atom is 0.262 e. The molecule has 1 aliphatic rings. The minimum atomic E-state index is -0.176. The van der Waals surface area contributed by atoms with Gasteiger partial charge in [0.05, 0.1) is 12.4 Å². The molecule has 1 aliphatic heterocycles. The van der Waals surface area contributed by atoms with Crippen molar-refractivity contribution in [3.8, 4) is 22.8 Å². The van der Waals surface area contributed by atoms with Gasteiger partial charge in [0.2, 0.25) is 0 Å². The summed E-state index contributed by atoms with van der Waals surface area (Å²) < 4.78 is 7.77. The highest BCUT2D eigenvalue weighted by atomic mass is 16.5. The number of aromatic nitrogens is 4. The van der Waals surface area contributed by atoms with Crippen LogP contribution in [0.5, 0.6) is 11.5 Å². The predicted molar refractivity (Wildman–Crippen MR) is 111 cm³/mol. The van der Waals surface area contributed by atoms with Crippen LogP contribution >= 0.6 is 0 Å². The Morgan fingerprint density at radius 2 is 1.83 bits per heavy atom. The van der Waals surface area contributed by atoms with Gasteiger partial charge in [0.25, 0.3) is 5.56 Å². The summed E-state index contributed by atoms with van der Waals surface area (Å²) in [4.78, 5) is 19.7. The van der Waals surface area contributed by atoms with Crippen molar-refractivity contribution in [2.75, 3.05) is 13.1 Å². The number of para-hydroxylation sites is 1. The molecule has 0 radical (unpaired) electrons. The molecule has 7 nitrogen and oxygen atoms in total. The van der Waals surface area contributed by atoms with Gasteiger partial charge in [-0.25, -0.2) is 9.67 Å². The number of ether oxygens (including phenoxy) is 1. The van der Waals surface area contributed by atoms with E-state index in [1.165, 1.54) is 6.33 Å². The van der Waals surface area contributed by atoms with Crippen molar-refractivity contribution < 1.29 is 4.74 Å². The number of aromatic amines is 1. The van der Waals surface area contributed by atoms with Crippen LogP contribution in [0.2, 0.25) is 0 Å². The van der Waals surface area contributed by atoms with E-state index in [-0.39, 0.29) is 11.6 Å². The van der Waals surface area contributed by atoms with Crippen molar-refractivity contribution in [3.05, 3.63) is 71.3 Å². The molecule has 0 unspecified atom stereocenters. The van der Waals surface area contributed by atoms with E-state index in [1.807, 2.05) is 59.3 Å². The Kier molecular flexibility index (Phi) is 4.57. The number of fused-ring (bicyclic) bond motifs is 1.